The molecule has 0 radical (unpaired) electrons. The predicted octanol–water partition coefficient (Wildman–Crippen LogP) is -0.168. The Labute approximate surface area is 81.3 Å². The van der Waals surface area contributed by atoms with Crippen molar-refractivity contribution in [1.29, 1.82) is 0 Å². The van der Waals surface area contributed by atoms with Crippen LogP contribution in [0.1, 0.15) is 12.8 Å². The number of hydrogen-bond acceptors (Lipinski definition) is 5. The minimum Gasteiger partial charge on any atom is -0.459 e. The lowest BCUT2D eigenvalue weighted by Gasteiger charge is -2.39. The summed E-state index contributed by atoms with van der Waals surface area (Å²) in [7, 11) is 0. The molecule has 0 bridgehead atoms. The van der Waals surface area contributed by atoms with Crippen molar-refractivity contribution in [3.05, 3.63) is 0 Å². The van der Waals surface area contributed by atoms with Gasteiger partial charge < -0.3 is 18.9 Å². The number of esters is 1. The lowest BCUT2D eigenvalue weighted by Crippen LogP contribution is -2.51. The van der Waals surface area contributed by atoms with Crippen molar-refractivity contribution in [2.75, 3.05) is 13.4 Å². The lowest BCUT2D eigenvalue weighted by atomic mass is 9.98. The third kappa shape index (κ3) is 1.32. The largest absolute Gasteiger partial charge is 0.459 e. The predicted molar refractivity (Wildman–Crippen MR) is 43.5 cm³/mol. The van der Waals surface area contributed by atoms with Gasteiger partial charge in [0.25, 0.3) is 0 Å². The number of rotatable bonds is 0. The Morgan fingerprint density at radius 1 is 1.14 bits per heavy atom. The fourth-order valence-corrected chi connectivity index (χ4v) is 2.24. The van der Waals surface area contributed by atoms with Gasteiger partial charge >= 0.3 is 5.97 Å². The van der Waals surface area contributed by atoms with Gasteiger partial charge in [-0.25, -0.2) is 0 Å². The summed E-state index contributed by atoms with van der Waals surface area (Å²) in [5.74, 6) is -0.167. The molecule has 0 aromatic rings. The van der Waals surface area contributed by atoms with E-state index in [1.807, 2.05) is 0 Å². The van der Waals surface area contributed by atoms with Crippen molar-refractivity contribution < 1.29 is 23.7 Å². The molecule has 0 unspecified atom stereocenters. The molecule has 3 rings (SSSR count). The first-order valence-electron chi connectivity index (χ1n) is 4.87. The van der Waals surface area contributed by atoms with Crippen LogP contribution in [0.25, 0.3) is 0 Å². The summed E-state index contributed by atoms with van der Waals surface area (Å²) in [6.07, 6.45) is 0.907. The molecule has 3 aliphatic heterocycles. The number of ether oxygens (including phenoxy) is 4. The maximum absolute atomic E-state index is 11.0. The van der Waals surface area contributed by atoms with Crippen LogP contribution in [0.4, 0.5) is 0 Å². The Hall–Kier alpha value is -0.650. The molecule has 5 heteroatoms. The Bertz CT molecular complexity index is 230. The quantitative estimate of drug-likeness (QED) is 0.508. The fraction of sp³-hybridized carbons (Fsp3) is 0.889. The highest BCUT2D eigenvalue weighted by atomic mass is 16.7. The molecule has 0 amide bonds. The van der Waals surface area contributed by atoms with Crippen molar-refractivity contribution in [1.82, 2.24) is 0 Å². The molecule has 3 aliphatic rings. The molecule has 5 nitrogen and oxygen atoms in total. The molecule has 78 valence electrons. The minimum absolute atomic E-state index is 0.0240. The summed E-state index contributed by atoms with van der Waals surface area (Å²) < 4.78 is 21.3. The fourth-order valence-electron chi connectivity index (χ4n) is 2.24. The van der Waals surface area contributed by atoms with Gasteiger partial charge in [-0.1, -0.05) is 0 Å². The molecule has 0 aliphatic carbocycles. The average Bonchev–Trinajstić information content (AvgIpc) is 2.53. The average molecular weight is 200 g/mol. The third-order valence-electron chi connectivity index (χ3n) is 2.94. The maximum Gasteiger partial charge on any atom is 0.308 e. The lowest BCUT2D eigenvalue weighted by molar-refractivity contribution is -0.252. The van der Waals surface area contributed by atoms with Gasteiger partial charge in [-0.2, -0.15) is 0 Å². The third-order valence-corrected chi connectivity index (χ3v) is 2.94. The molecule has 3 heterocycles. The summed E-state index contributed by atoms with van der Waals surface area (Å²) in [4.78, 5) is 11.0. The van der Waals surface area contributed by atoms with Crippen LogP contribution in [0, 0.1) is 0 Å². The maximum atomic E-state index is 11.0. The van der Waals surface area contributed by atoms with Crippen molar-refractivity contribution >= 4 is 5.97 Å². The number of hydrogen-bond donors (Lipinski definition) is 0. The molecule has 0 aromatic heterocycles. The summed E-state index contributed by atoms with van der Waals surface area (Å²) in [5, 5.41) is 0. The van der Waals surface area contributed by atoms with Gasteiger partial charge in [0, 0.05) is 6.42 Å². The molecule has 4 atom stereocenters. The van der Waals surface area contributed by atoms with Crippen LogP contribution in [0.3, 0.4) is 0 Å². The van der Waals surface area contributed by atoms with Gasteiger partial charge in [-0.15, -0.1) is 0 Å². The van der Waals surface area contributed by atoms with Gasteiger partial charge in [-0.3, -0.25) is 4.79 Å². The standard InChI is InChI=1S/C9H12O5/c10-9-2-7-6(14-9)1-5-8(13-7)3-11-4-12-5/h5-8H,1-4H2/t5-,6-,7-,8+/m0/s1. The van der Waals surface area contributed by atoms with Crippen molar-refractivity contribution in [2.45, 2.75) is 37.3 Å². The summed E-state index contributed by atoms with van der Waals surface area (Å²) in [6.45, 7) is 0.873. The van der Waals surface area contributed by atoms with Crippen LogP contribution in [0.5, 0.6) is 0 Å². The Balaban J connectivity index is 1.73. The van der Waals surface area contributed by atoms with E-state index in [2.05, 4.69) is 0 Å². The molecular weight excluding hydrogens is 188 g/mol. The van der Waals surface area contributed by atoms with Gasteiger partial charge in [-0.05, 0) is 0 Å². The second-order valence-corrected chi connectivity index (χ2v) is 3.87. The zero-order valence-corrected chi connectivity index (χ0v) is 7.68. The molecule has 3 saturated heterocycles. The highest BCUT2D eigenvalue weighted by molar-refractivity contribution is 5.72. The number of carbonyl (C=O) groups is 1. The molecule has 0 aromatic carbocycles. The van der Waals surface area contributed by atoms with Crippen LogP contribution in [-0.2, 0) is 23.7 Å². The van der Waals surface area contributed by atoms with Crippen LogP contribution < -0.4 is 0 Å². The van der Waals surface area contributed by atoms with Crippen LogP contribution >= 0.6 is 0 Å². The first kappa shape index (κ1) is 8.64. The summed E-state index contributed by atoms with van der Waals surface area (Å²) in [6, 6.07) is 0. The van der Waals surface area contributed by atoms with E-state index >= 15 is 0 Å². The highest BCUT2D eigenvalue weighted by Crippen LogP contribution is 2.32. The van der Waals surface area contributed by atoms with E-state index in [0.29, 0.717) is 19.8 Å². The van der Waals surface area contributed by atoms with E-state index in [9.17, 15) is 4.79 Å². The molecule has 3 fully saturated rings. The monoisotopic (exact) mass is 200 g/mol. The summed E-state index contributed by atoms with van der Waals surface area (Å²) >= 11 is 0. The van der Waals surface area contributed by atoms with Crippen LogP contribution in [0.15, 0.2) is 0 Å². The van der Waals surface area contributed by atoms with E-state index in [1.165, 1.54) is 0 Å². The summed E-state index contributed by atoms with van der Waals surface area (Å²) in [5.41, 5.74) is 0. The first-order chi connectivity index (χ1) is 6.83. The number of fused-ring (bicyclic) bond motifs is 2. The molecular formula is C9H12O5. The molecule has 0 N–H and O–H groups in total. The highest BCUT2D eigenvalue weighted by Gasteiger charge is 2.46. The van der Waals surface area contributed by atoms with Gasteiger partial charge in [0.2, 0.25) is 0 Å². The van der Waals surface area contributed by atoms with E-state index < -0.39 is 0 Å². The molecule has 0 spiro atoms. The van der Waals surface area contributed by atoms with E-state index in [-0.39, 0.29) is 30.4 Å². The van der Waals surface area contributed by atoms with Crippen molar-refractivity contribution in [3.63, 3.8) is 0 Å². The topological polar surface area (TPSA) is 54.0 Å². The molecule has 0 saturated carbocycles. The van der Waals surface area contributed by atoms with Crippen LogP contribution in [-0.4, -0.2) is 43.8 Å². The van der Waals surface area contributed by atoms with E-state index in [0.717, 1.165) is 6.42 Å². The van der Waals surface area contributed by atoms with E-state index in [4.69, 9.17) is 18.9 Å². The van der Waals surface area contributed by atoms with Crippen LogP contribution in [0.2, 0.25) is 0 Å². The van der Waals surface area contributed by atoms with Gasteiger partial charge in [0.15, 0.2) is 0 Å². The first-order valence-corrected chi connectivity index (χ1v) is 4.87. The Kier molecular flexibility index (Phi) is 1.97. The van der Waals surface area contributed by atoms with Crippen molar-refractivity contribution in [2.24, 2.45) is 0 Å². The molecule has 14 heavy (non-hydrogen) atoms. The van der Waals surface area contributed by atoms with E-state index in [1.54, 1.807) is 0 Å². The zero-order chi connectivity index (χ0) is 9.54. The SMILES string of the molecule is O=C1C[C@@H]2O[C@@H]3COCO[C@H]3C[C@@H]2O1. The Morgan fingerprint density at radius 3 is 3.00 bits per heavy atom. The zero-order valence-electron chi connectivity index (χ0n) is 7.68. The smallest absolute Gasteiger partial charge is 0.308 e. The van der Waals surface area contributed by atoms with Gasteiger partial charge in [0.1, 0.15) is 25.1 Å². The number of carbonyl (C=O) groups excluding carboxylic acids is 1. The second kappa shape index (κ2) is 3.18. The second-order valence-electron chi connectivity index (χ2n) is 3.87. The Morgan fingerprint density at radius 2 is 2.07 bits per heavy atom. The van der Waals surface area contributed by atoms with Crippen molar-refractivity contribution in [3.8, 4) is 0 Å². The minimum atomic E-state index is -0.167. The normalized spacial score (nSPS) is 46.7. The van der Waals surface area contributed by atoms with Gasteiger partial charge in [0.05, 0.1) is 19.1 Å².